The molecule has 3 N–H and O–H groups in total. The van der Waals surface area contributed by atoms with Gasteiger partial charge < -0.3 is 34.0 Å². The predicted octanol–water partition coefficient (Wildman–Crippen LogP) is -0.342. The number of aliphatic hydroxyl groups excluding tert-OH is 1. The number of aliphatic hydroxyl groups is 1. The van der Waals surface area contributed by atoms with E-state index >= 15 is 0 Å². The molecule has 8 nitrogen and oxygen atoms in total. The Bertz CT molecular complexity index is 413. The van der Waals surface area contributed by atoms with Crippen molar-refractivity contribution in [3.05, 3.63) is 24.2 Å². The zero-order chi connectivity index (χ0) is 17.9. The summed E-state index contributed by atoms with van der Waals surface area (Å²) in [7, 11) is 5.29. The molecule has 0 rings (SSSR count). The average molecular weight is 349 g/mol. The molecule has 2 atom stereocenters. The van der Waals surface area contributed by atoms with Crippen LogP contribution in [0.2, 0.25) is 0 Å². The summed E-state index contributed by atoms with van der Waals surface area (Å²) in [6.07, 6.45) is 0.201. The molecule has 0 aromatic carbocycles. The molecule has 0 aliphatic heterocycles. The molecule has 2 radical (unpaired) electrons. The van der Waals surface area contributed by atoms with E-state index < -0.39 is 19.7 Å². The highest BCUT2D eigenvalue weighted by molar-refractivity contribution is 7.55. The maximum atomic E-state index is 10.7. The second kappa shape index (κ2) is 11.8. The van der Waals surface area contributed by atoms with E-state index in [0.29, 0.717) is 19.0 Å². The lowest BCUT2D eigenvalue weighted by Gasteiger charge is -2.24. The van der Waals surface area contributed by atoms with E-state index in [4.69, 9.17) is 31.8 Å². The number of hydrogen-bond acceptors (Lipinski definition) is 6. The van der Waals surface area contributed by atoms with Crippen LogP contribution in [0.25, 0.3) is 0 Å². The van der Waals surface area contributed by atoms with Gasteiger partial charge in [-0.05, 0) is 20.2 Å². The zero-order valence-corrected chi connectivity index (χ0v) is 14.4. The summed E-state index contributed by atoms with van der Waals surface area (Å²) in [6, 6.07) is -1.03. The molecule has 0 aliphatic carbocycles. The maximum Gasteiger partial charge on any atom is 0.349 e. The van der Waals surface area contributed by atoms with Crippen molar-refractivity contribution in [1.29, 1.82) is 0 Å². The predicted molar refractivity (Wildman–Crippen MR) is 87.1 cm³/mol. The van der Waals surface area contributed by atoms with E-state index in [9.17, 15) is 9.67 Å². The van der Waals surface area contributed by atoms with Crippen LogP contribution in [-0.2, 0) is 18.8 Å². The van der Waals surface area contributed by atoms with Gasteiger partial charge in [0.15, 0.2) is 0 Å². The fourth-order valence-corrected chi connectivity index (χ4v) is 1.69. The SMILES string of the molecule is [B][C@H](OC(=C)/C=C/P(=O)(O)O)C(CO)OCCOCCN(C)C. The van der Waals surface area contributed by atoms with Gasteiger partial charge in [0.1, 0.15) is 19.7 Å². The molecule has 0 aromatic heterocycles. The minimum Gasteiger partial charge on any atom is -0.498 e. The Kier molecular flexibility index (Phi) is 11.5. The number of hydrogen-bond donors (Lipinski definition) is 3. The van der Waals surface area contributed by atoms with Gasteiger partial charge in [0.2, 0.25) is 0 Å². The third-order valence-electron chi connectivity index (χ3n) is 2.53. The molecule has 1 unspecified atom stereocenters. The smallest absolute Gasteiger partial charge is 0.349 e. The van der Waals surface area contributed by atoms with E-state index in [2.05, 4.69) is 6.58 Å². The standard InChI is InChI=1S/C13H25BNO7P/c1-11(4-9-23(17,18)19)22-13(14)12(10-16)21-8-7-20-6-5-15(2)3/h4,9,12-13,16H,1,5-8,10H2,2-3H3,(H2,17,18,19)/b9-4+/t12?,13-/m1/s1. The van der Waals surface area contributed by atoms with Crippen LogP contribution in [0.1, 0.15) is 0 Å². The molecule has 0 spiro atoms. The van der Waals surface area contributed by atoms with Crippen molar-refractivity contribution >= 4 is 15.4 Å². The summed E-state index contributed by atoms with van der Waals surface area (Å²) >= 11 is 0. The number of rotatable bonds is 13. The fourth-order valence-electron chi connectivity index (χ4n) is 1.33. The summed E-state index contributed by atoms with van der Waals surface area (Å²) in [6.45, 7) is 4.99. The Morgan fingerprint density at radius 3 is 2.52 bits per heavy atom. The molecule has 0 saturated carbocycles. The molecule has 23 heavy (non-hydrogen) atoms. The van der Waals surface area contributed by atoms with E-state index in [1.807, 2.05) is 19.0 Å². The van der Waals surface area contributed by atoms with Crippen molar-refractivity contribution in [1.82, 2.24) is 4.90 Å². The largest absolute Gasteiger partial charge is 0.498 e. The first kappa shape index (κ1) is 22.3. The Morgan fingerprint density at radius 1 is 1.35 bits per heavy atom. The Balaban J connectivity index is 4.07. The first-order valence-corrected chi connectivity index (χ1v) is 8.64. The van der Waals surface area contributed by atoms with Crippen LogP contribution in [-0.4, -0.2) is 86.8 Å². The van der Waals surface area contributed by atoms with Crippen LogP contribution in [0.5, 0.6) is 0 Å². The molecular formula is C13H25BNO7P. The van der Waals surface area contributed by atoms with Gasteiger partial charge in [0.25, 0.3) is 0 Å². The van der Waals surface area contributed by atoms with E-state index in [1.165, 1.54) is 0 Å². The Morgan fingerprint density at radius 2 is 2.00 bits per heavy atom. The molecule has 0 aromatic rings. The van der Waals surface area contributed by atoms with Crippen molar-refractivity contribution in [3.8, 4) is 0 Å². The van der Waals surface area contributed by atoms with Gasteiger partial charge in [-0.15, -0.1) is 0 Å². The molecule has 0 aliphatic rings. The molecule has 0 saturated heterocycles. The highest BCUT2D eigenvalue weighted by Gasteiger charge is 2.18. The van der Waals surface area contributed by atoms with Gasteiger partial charge in [-0.25, -0.2) is 0 Å². The first-order chi connectivity index (χ1) is 10.7. The summed E-state index contributed by atoms with van der Waals surface area (Å²) in [5.74, 6) is 0.597. The summed E-state index contributed by atoms with van der Waals surface area (Å²) in [5.41, 5.74) is 0. The van der Waals surface area contributed by atoms with Crippen molar-refractivity contribution in [2.45, 2.75) is 12.1 Å². The normalized spacial score (nSPS) is 15.0. The molecule has 0 amide bonds. The number of ether oxygens (including phenoxy) is 3. The molecule has 132 valence electrons. The van der Waals surface area contributed by atoms with Crippen molar-refractivity contribution in [2.75, 3.05) is 47.1 Å². The molecule has 0 fully saturated rings. The third-order valence-corrected chi connectivity index (χ3v) is 3.07. The minimum absolute atomic E-state index is 0.0508. The molecular weight excluding hydrogens is 324 g/mol. The van der Waals surface area contributed by atoms with Gasteiger partial charge in [-0.3, -0.25) is 4.57 Å². The lowest BCUT2D eigenvalue weighted by molar-refractivity contribution is -0.0602. The second-order valence-corrected chi connectivity index (χ2v) is 6.44. The van der Waals surface area contributed by atoms with Gasteiger partial charge >= 0.3 is 7.60 Å². The first-order valence-electron chi connectivity index (χ1n) is 6.96. The minimum atomic E-state index is -4.29. The lowest BCUT2D eigenvalue weighted by Crippen LogP contribution is -2.35. The topological polar surface area (TPSA) is 109 Å². The van der Waals surface area contributed by atoms with Crippen LogP contribution in [0.4, 0.5) is 0 Å². The average Bonchev–Trinajstić information content (AvgIpc) is 2.43. The van der Waals surface area contributed by atoms with Crippen LogP contribution < -0.4 is 0 Å². The van der Waals surface area contributed by atoms with Gasteiger partial charge in [0.05, 0.1) is 32.4 Å². The number of nitrogens with zero attached hydrogens (tertiary/aromatic N) is 1. The molecule has 10 heteroatoms. The van der Waals surface area contributed by atoms with Gasteiger partial charge in [0, 0.05) is 12.4 Å². The highest BCUT2D eigenvalue weighted by atomic mass is 31.2. The van der Waals surface area contributed by atoms with Gasteiger partial charge in [-0.1, -0.05) is 6.58 Å². The van der Waals surface area contributed by atoms with E-state index in [0.717, 1.165) is 12.6 Å². The van der Waals surface area contributed by atoms with Crippen molar-refractivity contribution < 1.29 is 33.7 Å². The monoisotopic (exact) mass is 349 g/mol. The van der Waals surface area contributed by atoms with Crippen LogP contribution in [0.3, 0.4) is 0 Å². The van der Waals surface area contributed by atoms with Crippen molar-refractivity contribution in [2.24, 2.45) is 0 Å². The molecule has 0 heterocycles. The Hall–Kier alpha value is -0.665. The van der Waals surface area contributed by atoms with Crippen molar-refractivity contribution in [3.63, 3.8) is 0 Å². The quantitative estimate of drug-likeness (QED) is 0.136. The van der Waals surface area contributed by atoms with Crippen LogP contribution in [0, 0.1) is 0 Å². The highest BCUT2D eigenvalue weighted by Crippen LogP contribution is 2.36. The van der Waals surface area contributed by atoms with E-state index in [1.54, 1.807) is 0 Å². The van der Waals surface area contributed by atoms with Crippen LogP contribution >= 0.6 is 7.60 Å². The lowest BCUT2D eigenvalue weighted by atomic mass is 9.94. The number of allylic oxidation sites excluding steroid dienone is 1. The number of likely N-dealkylation sites (N-methyl/N-ethyl adjacent to an activating group) is 1. The molecule has 0 bridgehead atoms. The second-order valence-electron chi connectivity index (χ2n) is 4.96. The zero-order valence-electron chi connectivity index (χ0n) is 13.5. The maximum absolute atomic E-state index is 10.7. The van der Waals surface area contributed by atoms with Crippen LogP contribution in [0.15, 0.2) is 24.2 Å². The van der Waals surface area contributed by atoms with Gasteiger partial charge in [-0.2, -0.15) is 0 Å². The Labute approximate surface area is 138 Å². The van der Waals surface area contributed by atoms with E-state index in [-0.39, 0.29) is 19.0 Å². The summed E-state index contributed by atoms with van der Waals surface area (Å²) in [4.78, 5) is 19.4. The fraction of sp³-hybridized carbons (Fsp3) is 0.692. The summed E-state index contributed by atoms with van der Waals surface area (Å²) in [5, 5.41) is 9.24. The third kappa shape index (κ3) is 13.5. The summed E-state index contributed by atoms with van der Waals surface area (Å²) < 4.78 is 26.5.